The Kier molecular flexibility index (Phi) is 6.43. The number of pyridine rings is 1. The first-order valence-electron chi connectivity index (χ1n) is 11.5. The number of carboxylic acid groups (broad SMARTS) is 1. The minimum Gasteiger partial charge on any atom is -0.481 e. The van der Waals surface area contributed by atoms with Gasteiger partial charge in [0, 0.05) is 31.3 Å². The van der Waals surface area contributed by atoms with Crippen LogP contribution in [0.3, 0.4) is 0 Å². The summed E-state index contributed by atoms with van der Waals surface area (Å²) in [7, 11) is -4.00. The number of aromatic nitrogens is 1. The third-order valence-electron chi connectivity index (χ3n) is 6.21. The standard InChI is InChI=1S/C28H24N2O5S/c31-28(32)15-13-22-19-30(25-14-12-20(17-24(22)25)21-7-6-16-29-18-21)36(33,34)27-11-5-4-10-26(27)35-23-8-2-1-3-9-23/h1-12,14,16-18,22H,13,15,19H2,(H,31,32). The Morgan fingerprint density at radius 1 is 0.972 bits per heavy atom. The first-order chi connectivity index (χ1) is 17.4. The molecule has 0 saturated heterocycles. The summed E-state index contributed by atoms with van der Waals surface area (Å²) >= 11 is 0. The van der Waals surface area contributed by atoms with Crippen LogP contribution in [0.25, 0.3) is 11.1 Å². The molecule has 8 heteroatoms. The lowest BCUT2D eigenvalue weighted by Crippen LogP contribution is -2.30. The van der Waals surface area contributed by atoms with E-state index in [4.69, 9.17) is 4.74 Å². The summed E-state index contributed by atoms with van der Waals surface area (Å²) in [5.41, 5.74) is 3.16. The van der Waals surface area contributed by atoms with Crippen molar-refractivity contribution in [3.8, 4) is 22.6 Å². The Labute approximate surface area is 209 Å². The van der Waals surface area contributed by atoms with E-state index in [0.29, 0.717) is 17.9 Å². The van der Waals surface area contributed by atoms with Gasteiger partial charge >= 0.3 is 5.97 Å². The van der Waals surface area contributed by atoms with E-state index in [2.05, 4.69) is 4.98 Å². The lowest BCUT2D eigenvalue weighted by atomic mass is 9.93. The molecule has 5 rings (SSSR count). The van der Waals surface area contributed by atoms with Crippen molar-refractivity contribution in [3.63, 3.8) is 0 Å². The zero-order chi connectivity index (χ0) is 25.1. The number of anilines is 1. The molecule has 2 heterocycles. The monoisotopic (exact) mass is 500 g/mol. The molecule has 1 atom stereocenters. The summed E-state index contributed by atoms with van der Waals surface area (Å²) in [5.74, 6) is -0.416. The molecule has 0 aliphatic carbocycles. The highest BCUT2D eigenvalue weighted by Gasteiger charge is 2.38. The van der Waals surface area contributed by atoms with E-state index < -0.39 is 16.0 Å². The fourth-order valence-electron chi connectivity index (χ4n) is 4.47. The normalized spacial score (nSPS) is 14.9. The van der Waals surface area contributed by atoms with Crippen molar-refractivity contribution in [2.24, 2.45) is 0 Å². The summed E-state index contributed by atoms with van der Waals surface area (Å²) < 4.78 is 35.2. The maximum Gasteiger partial charge on any atom is 0.303 e. The maximum atomic E-state index is 14.0. The molecular weight excluding hydrogens is 476 g/mol. The average molecular weight is 501 g/mol. The van der Waals surface area contributed by atoms with Crippen molar-refractivity contribution >= 4 is 21.7 Å². The van der Waals surface area contributed by atoms with Crippen LogP contribution in [0.4, 0.5) is 5.69 Å². The number of carbonyl (C=O) groups is 1. The molecule has 182 valence electrons. The quantitative estimate of drug-likeness (QED) is 0.333. The average Bonchev–Trinajstić information content (AvgIpc) is 3.27. The molecule has 3 aromatic carbocycles. The van der Waals surface area contributed by atoms with Gasteiger partial charge in [-0.2, -0.15) is 0 Å². The maximum absolute atomic E-state index is 14.0. The first-order valence-corrected chi connectivity index (χ1v) is 13.0. The zero-order valence-corrected chi connectivity index (χ0v) is 20.1. The molecule has 1 aliphatic rings. The SMILES string of the molecule is O=C(O)CCC1CN(S(=O)(=O)c2ccccc2Oc2ccccc2)c2ccc(-c3cccnc3)cc21. The van der Waals surface area contributed by atoms with E-state index in [-0.39, 0.29) is 29.5 Å². The molecule has 7 nitrogen and oxygen atoms in total. The lowest BCUT2D eigenvalue weighted by Gasteiger charge is -2.22. The van der Waals surface area contributed by atoms with Gasteiger partial charge in [-0.15, -0.1) is 0 Å². The minimum absolute atomic E-state index is 0.0509. The van der Waals surface area contributed by atoms with Gasteiger partial charge in [-0.25, -0.2) is 8.42 Å². The molecule has 1 N–H and O–H groups in total. The number of nitrogens with zero attached hydrogens (tertiary/aromatic N) is 2. The molecule has 0 spiro atoms. The van der Waals surface area contributed by atoms with Crippen LogP contribution in [-0.2, 0) is 14.8 Å². The number of para-hydroxylation sites is 2. The number of benzene rings is 3. The highest BCUT2D eigenvalue weighted by atomic mass is 32.2. The fourth-order valence-corrected chi connectivity index (χ4v) is 6.13. The van der Waals surface area contributed by atoms with Gasteiger partial charge in [-0.05, 0) is 65.6 Å². The smallest absolute Gasteiger partial charge is 0.303 e. The van der Waals surface area contributed by atoms with Gasteiger partial charge in [0.25, 0.3) is 10.0 Å². The zero-order valence-electron chi connectivity index (χ0n) is 19.3. The van der Waals surface area contributed by atoms with E-state index in [1.54, 1.807) is 48.8 Å². The predicted molar refractivity (Wildman–Crippen MR) is 137 cm³/mol. The highest BCUT2D eigenvalue weighted by molar-refractivity contribution is 7.93. The van der Waals surface area contributed by atoms with E-state index in [0.717, 1.165) is 16.7 Å². The molecule has 4 aromatic rings. The molecular formula is C28H24N2O5S. The Balaban J connectivity index is 1.55. The molecule has 36 heavy (non-hydrogen) atoms. The molecule has 0 radical (unpaired) electrons. The van der Waals surface area contributed by atoms with Gasteiger partial charge in [-0.1, -0.05) is 42.5 Å². The van der Waals surface area contributed by atoms with Crippen molar-refractivity contribution in [3.05, 3.63) is 103 Å². The minimum atomic E-state index is -4.00. The number of fused-ring (bicyclic) bond motifs is 1. The van der Waals surface area contributed by atoms with Crippen molar-refractivity contribution in [2.45, 2.75) is 23.7 Å². The second-order valence-corrected chi connectivity index (χ2v) is 10.4. The second kappa shape index (κ2) is 9.83. The Morgan fingerprint density at radius 2 is 1.75 bits per heavy atom. The second-order valence-electron chi connectivity index (χ2n) is 8.54. The topological polar surface area (TPSA) is 96.8 Å². The molecule has 0 fully saturated rings. The van der Waals surface area contributed by atoms with Crippen LogP contribution in [0, 0.1) is 0 Å². The largest absolute Gasteiger partial charge is 0.481 e. The number of carboxylic acids is 1. The number of sulfonamides is 1. The molecule has 1 unspecified atom stereocenters. The van der Waals surface area contributed by atoms with Gasteiger partial charge in [0.2, 0.25) is 0 Å². The van der Waals surface area contributed by atoms with Crippen LogP contribution in [0.1, 0.15) is 24.3 Å². The van der Waals surface area contributed by atoms with Gasteiger partial charge in [0.1, 0.15) is 16.4 Å². The van der Waals surface area contributed by atoms with Crippen LogP contribution in [-0.4, -0.2) is 31.0 Å². The summed E-state index contributed by atoms with van der Waals surface area (Å²) in [6.45, 7) is 0.154. The fraction of sp³-hybridized carbons (Fsp3) is 0.143. The highest BCUT2D eigenvalue weighted by Crippen LogP contribution is 2.44. The lowest BCUT2D eigenvalue weighted by molar-refractivity contribution is -0.137. The first kappa shape index (κ1) is 23.6. The van der Waals surface area contributed by atoms with Gasteiger partial charge in [0.15, 0.2) is 0 Å². The van der Waals surface area contributed by atoms with Gasteiger partial charge in [-0.3, -0.25) is 14.1 Å². The third kappa shape index (κ3) is 4.67. The van der Waals surface area contributed by atoms with Crippen LogP contribution in [0.2, 0.25) is 0 Å². The number of aliphatic carboxylic acids is 1. The summed E-state index contributed by atoms with van der Waals surface area (Å²) in [6.07, 6.45) is 3.71. The van der Waals surface area contributed by atoms with Crippen LogP contribution in [0.5, 0.6) is 11.5 Å². The molecule has 1 aromatic heterocycles. The Hall–Kier alpha value is -4.17. The molecule has 0 saturated carbocycles. The number of hydrogen-bond donors (Lipinski definition) is 1. The van der Waals surface area contributed by atoms with E-state index in [9.17, 15) is 18.3 Å². The Bertz CT molecular complexity index is 1490. The van der Waals surface area contributed by atoms with Crippen LogP contribution >= 0.6 is 0 Å². The number of ether oxygens (including phenoxy) is 1. The van der Waals surface area contributed by atoms with Crippen LogP contribution < -0.4 is 9.04 Å². The number of rotatable bonds is 8. The van der Waals surface area contributed by atoms with Crippen molar-refractivity contribution in [1.82, 2.24) is 4.98 Å². The molecule has 0 bridgehead atoms. The molecule has 1 aliphatic heterocycles. The Morgan fingerprint density at radius 3 is 2.50 bits per heavy atom. The van der Waals surface area contributed by atoms with Crippen molar-refractivity contribution < 1.29 is 23.1 Å². The van der Waals surface area contributed by atoms with E-state index in [1.165, 1.54) is 10.4 Å². The number of hydrogen-bond acceptors (Lipinski definition) is 5. The van der Waals surface area contributed by atoms with Gasteiger partial charge in [0.05, 0.1) is 5.69 Å². The molecule has 0 amide bonds. The summed E-state index contributed by atoms with van der Waals surface area (Å²) in [5, 5.41) is 9.28. The summed E-state index contributed by atoms with van der Waals surface area (Å²) in [4.78, 5) is 15.5. The third-order valence-corrected chi connectivity index (χ3v) is 8.03. The van der Waals surface area contributed by atoms with Crippen molar-refractivity contribution in [2.75, 3.05) is 10.8 Å². The van der Waals surface area contributed by atoms with E-state index >= 15 is 0 Å². The predicted octanol–water partition coefficient (Wildman–Crippen LogP) is 5.70. The van der Waals surface area contributed by atoms with Crippen LogP contribution in [0.15, 0.2) is 102 Å². The van der Waals surface area contributed by atoms with Gasteiger partial charge < -0.3 is 9.84 Å². The van der Waals surface area contributed by atoms with E-state index in [1.807, 2.05) is 42.5 Å². The van der Waals surface area contributed by atoms with Crippen molar-refractivity contribution in [1.29, 1.82) is 0 Å². The summed E-state index contributed by atoms with van der Waals surface area (Å²) in [6, 6.07) is 24.9.